The quantitative estimate of drug-likeness (QED) is 0.512. The molecule has 0 saturated carbocycles. The van der Waals surface area contributed by atoms with Gasteiger partial charge in [0.2, 0.25) is 0 Å². The van der Waals surface area contributed by atoms with E-state index in [-0.39, 0.29) is 15.0 Å². The molecule has 0 aromatic heterocycles. The third-order valence-electron chi connectivity index (χ3n) is 0.648. The molecule has 0 aromatic carbocycles. The van der Waals surface area contributed by atoms with Crippen LogP contribution >= 0.6 is 0 Å². The molecule has 0 fully saturated rings. The minimum absolute atomic E-state index is 0.269. The summed E-state index contributed by atoms with van der Waals surface area (Å²) in [7, 11) is -2.93. The zero-order valence-corrected chi connectivity index (χ0v) is 6.47. The average Bonchev–Trinajstić information content (AvgIpc) is 1.65. The van der Waals surface area contributed by atoms with Crippen molar-refractivity contribution in [2.75, 3.05) is 0 Å². The molecule has 0 amide bonds. The van der Waals surface area contributed by atoms with Crippen molar-refractivity contribution >= 4 is 24.8 Å². The van der Waals surface area contributed by atoms with Gasteiger partial charge in [0.25, 0.3) is 0 Å². The molecule has 0 N–H and O–H groups in total. The fourth-order valence-corrected chi connectivity index (χ4v) is 3.79. The Balaban J connectivity index is 3.03. The third-order valence-corrected chi connectivity index (χ3v) is 3.69. The predicted octanol–water partition coefficient (Wildman–Crippen LogP) is 0.0614. The molecule has 1 aliphatic heterocycles. The molecule has 0 aromatic rings. The van der Waals surface area contributed by atoms with E-state index in [9.17, 15) is 8.42 Å². The third kappa shape index (κ3) is 1.47. The Kier molecular flexibility index (Phi) is 1.56. The van der Waals surface area contributed by atoms with Gasteiger partial charge in [-0.2, -0.15) is 0 Å². The van der Waals surface area contributed by atoms with Gasteiger partial charge in [0.15, 0.2) is 0 Å². The van der Waals surface area contributed by atoms with E-state index in [1.54, 1.807) is 9.95 Å². The molecule has 44 valence electrons. The van der Waals surface area contributed by atoms with Crippen LogP contribution in [0.15, 0.2) is 20.8 Å². The monoisotopic (exact) mass is 196 g/mol. The van der Waals surface area contributed by atoms with Gasteiger partial charge in [-0.25, -0.2) is 0 Å². The molecule has 1 aliphatic rings. The van der Waals surface area contributed by atoms with Gasteiger partial charge >= 0.3 is 54.0 Å². The summed E-state index contributed by atoms with van der Waals surface area (Å²) >= 11 is 0.269. The number of hydrogen-bond donors (Lipinski definition) is 0. The molecule has 4 heteroatoms. The Bertz CT molecular complexity index is 206. The second kappa shape index (κ2) is 2.05. The van der Waals surface area contributed by atoms with E-state index >= 15 is 0 Å². The van der Waals surface area contributed by atoms with Gasteiger partial charge in [-0.1, -0.05) is 0 Å². The Morgan fingerprint density at radius 3 is 1.88 bits per heavy atom. The Hall–Kier alpha value is -0.0505. The van der Waals surface area contributed by atoms with Crippen LogP contribution in [0.3, 0.4) is 0 Å². The molecule has 0 unspecified atom stereocenters. The van der Waals surface area contributed by atoms with Crippen molar-refractivity contribution in [1.29, 1.82) is 0 Å². The van der Waals surface area contributed by atoms with Crippen molar-refractivity contribution < 1.29 is 8.42 Å². The van der Waals surface area contributed by atoms with Crippen molar-refractivity contribution in [2.45, 2.75) is 0 Å². The minimum atomic E-state index is -2.93. The summed E-state index contributed by atoms with van der Waals surface area (Å²) in [6, 6.07) is 0. The first-order valence-electron chi connectivity index (χ1n) is 1.94. The Labute approximate surface area is 54.4 Å². The van der Waals surface area contributed by atoms with Gasteiger partial charge < -0.3 is 0 Å². The molecule has 1 rings (SSSR count). The molecule has 0 radical (unpaired) electrons. The first kappa shape index (κ1) is 6.08. The predicted molar refractivity (Wildman–Crippen MR) is 33.0 cm³/mol. The second-order valence-electron chi connectivity index (χ2n) is 1.27. The van der Waals surface area contributed by atoms with Crippen LogP contribution < -0.4 is 0 Å². The van der Waals surface area contributed by atoms with E-state index in [2.05, 4.69) is 0 Å². The molecule has 0 aliphatic carbocycles. The number of sulfone groups is 1. The second-order valence-corrected chi connectivity index (χ2v) is 4.70. The molecular weight excluding hydrogens is 191 g/mol. The summed E-state index contributed by atoms with van der Waals surface area (Å²) in [6.07, 6.45) is 0. The normalized spacial score (nSPS) is 23.5. The van der Waals surface area contributed by atoms with Crippen molar-refractivity contribution in [2.24, 2.45) is 0 Å². The maximum atomic E-state index is 10.5. The molecule has 0 saturated heterocycles. The molecule has 0 spiro atoms. The number of hydrogen-bond acceptors (Lipinski definition) is 2. The van der Waals surface area contributed by atoms with Crippen molar-refractivity contribution in [3.63, 3.8) is 0 Å². The number of rotatable bonds is 0. The van der Waals surface area contributed by atoms with Crippen LogP contribution in [0.1, 0.15) is 0 Å². The van der Waals surface area contributed by atoms with E-state index in [0.29, 0.717) is 0 Å². The van der Waals surface area contributed by atoms with Crippen LogP contribution in [0.4, 0.5) is 0 Å². The van der Waals surface area contributed by atoms with Gasteiger partial charge in [-0.3, -0.25) is 0 Å². The Morgan fingerprint density at radius 1 is 1.12 bits per heavy atom. The first-order chi connectivity index (χ1) is 3.71. The van der Waals surface area contributed by atoms with Crippen LogP contribution in [0.5, 0.6) is 0 Å². The fraction of sp³-hybridized carbons (Fsp3) is 0. The molecule has 0 atom stereocenters. The molecular formula is C4H4O2SSe. The topological polar surface area (TPSA) is 34.1 Å². The summed E-state index contributed by atoms with van der Waals surface area (Å²) in [6.45, 7) is 0. The van der Waals surface area contributed by atoms with Crippen molar-refractivity contribution in [1.82, 2.24) is 0 Å². The van der Waals surface area contributed by atoms with Crippen LogP contribution in [0.2, 0.25) is 0 Å². The summed E-state index contributed by atoms with van der Waals surface area (Å²) in [5.74, 6) is 0. The zero-order valence-electron chi connectivity index (χ0n) is 3.94. The average molecular weight is 195 g/mol. The molecule has 8 heavy (non-hydrogen) atoms. The van der Waals surface area contributed by atoms with Crippen LogP contribution in [-0.4, -0.2) is 23.4 Å². The van der Waals surface area contributed by atoms with Gasteiger partial charge in [-0.15, -0.1) is 0 Å². The molecule has 2 nitrogen and oxygen atoms in total. The van der Waals surface area contributed by atoms with Crippen LogP contribution in [0.25, 0.3) is 0 Å². The summed E-state index contributed by atoms with van der Waals surface area (Å²) in [4.78, 5) is 3.37. The van der Waals surface area contributed by atoms with Crippen molar-refractivity contribution in [3.05, 3.63) is 20.8 Å². The fourth-order valence-electron chi connectivity index (χ4n) is 0.310. The Morgan fingerprint density at radius 2 is 1.62 bits per heavy atom. The summed E-state index contributed by atoms with van der Waals surface area (Å²) in [5, 5.41) is 2.49. The first-order valence-corrected chi connectivity index (χ1v) is 5.53. The van der Waals surface area contributed by atoms with E-state index in [1.165, 1.54) is 10.8 Å². The summed E-state index contributed by atoms with van der Waals surface area (Å²) < 4.78 is 21.0. The van der Waals surface area contributed by atoms with Crippen LogP contribution in [0, 0.1) is 0 Å². The van der Waals surface area contributed by atoms with Gasteiger partial charge in [-0.05, 0) is 0 Å². The zero-order chi connectivity index (χ0) is 6.04. The van der Waals surface area contributed by atoms with E-state index in [0.717, 1.165) is 0 Å². The van der Waals surface area contributed by atoms with Gasteiger partial charge in [0.1, 0.15) is 0 Å². The maximum absolute atomic E-state index is 10.5. The molecule has 1 heterocycles. The van der Waals surface area contributed by atoms with Crippen LogP contribution in [-0.2, 0) is 9.84 Å². The van der Waals surface area contributed by atoms with Crippen molar-refractivity contribution in [3.8, 4) is 0 Å². The van der Waals surface area contributed by atoms with Gasteiger partial charge in [0, 0.05) is 0 Å². The van der Waals surface area contributed by atoms with E-state index in [1.807, 2.05) is 0 Å². The van der Waals surface area contributed by atoms with Gasteiger partial charge in [0.05, 0.1) is 0 Å². The standard InChI is InChI=1S/C4H4O2SSe/c5-7(6)1-3-8-4-2-7/h1-4H. The molecule has 0 bridgehead atoms. The SMILES string of the molecule is O=S1(=O)C=C[Se]C=C1. The van der Waals surface area contributed by atoms with E-state index in [4.69, 9.17) is 0 Å². The van der Waals surface area contributed by atoms with E-state index < -0.39 is 9.84 Å². The summed E-state index contributed by atoms with van der Waals surface area (Å²) in [5.41, 5.74) is 0.